The van der Waals surface area contributed by atoms with Gasteiger partial charge in [0.2, 0.25) is 0 Å². The first-order valence-electron chi connectivity index (χ1n) is 10.5. The Kier molecular flexibility index (Phi) is 4.94. The lowest BCUT2D eigenvalue weighted by atomic mass is 10.1. The number of carbonyl (C=O) groups excluding carboxylic acids is 1. The first-order valence-corrected chi connectivity index (χ1v) is 10.5. The van der Waals surface area contributed by atoms with Crippen molar-refractivity contribution in [2.75, 3.05) is 49.1 Å². The summed E-state index contributed by atoms with van der Waals surface area (Å²) in [5, 5.41) is 10.6. The van der Waals surface area contributed by atoms with Gasteiger partial charge in [-0.05, 0) is 25.0 Å². The molecule has 0 atom stereocenters. The van der Waals surface area contributed by atoms with Crippen molar-refractivity contribution in [1.82, 2.24) is 15.1 Å². The molecule has 154 valence electrons. The zero-order valence-corrected chi connectivity index (χ0v) is 16.8. The molecule has 2 saturated heterocycles. The Morgan fingerprint density at radius 2 is 1.40 bits per heavy atom. The van der Waals surface area contributed by atoms with Crippen LogP contribution in [0.4, 0.5) is 15.9 Å². The van der Waals surface area contributed by atoms with Crippen LogP contribution < -0.4 is 9.80 Å². The van der Waals surface area contributed by atoms with E-state index in [0.717, 1.165) is 42.5 Å². The largest absolute Gasteiger partial charge is 0.366 e. The molecule has 2 fully saturated rings. The van der Waals surface area contributed by atoms with Gasteiger partial charge in [-0.15, -0.1) is 10.2 Å². The number of para-hydroxylation sites is 1. The summed E-state index contributed by atoms with van der Waals surface area (Å²) in [5.74, 6) is 0.560. The number of carbonyl (C=O) groups is 1. The van der Waals surface area contributed by atoms with Crippen molar-refractivity contribution in [3.63, 3.8) is 0 Å². The lowest BCUT2D eigenvalue weighted by Crippen LogP contribution is -2.47. The maximum Gasteiger partial charge on any atom is 0.275 e. The first-order chi connectivity index (χ1) is 14.7. The van der Waals surface area contributed by atoms with E-state index < -0.39 is 0 Å². The van der Waals surface area contributed by atoms with Crippen LogP contribution in [-0.2, 0) is 0 Å². The summed E-state index contributed by atoms with van der Waals surface area (Å²) in [6.07, 6.45) is 2.09. The molecule has 0 bridgehead atoms. The van der Waals surface area contributed by atoms with Gasteiger partial charge in [-0.3, -0.25) is 4.79 Å². The zero-order chi connectivity index (χ0) is 20.5. The van der Waals surface area contributed by atoms with Gasteiger partial charge in [0.1, 0.15) is 5.82 Å². The molecule has 0 saturated carbocycles. The minimum absolute atomic E-state index is 0.0351. The lowest BCUT2D eigenvalue weighted by molar-refractivity contribution is 0.0788. The number of fused-ring (bicyclic) bond motifs is 1. The highest BCUT2D eigenvalue weighted by Gasteiger charge is 2.26. The van der Waals surface area contributed by atoms with Crippen LogP contribution in [0.15, 0.2) is 48.5 Å². The number of amides is 1. The van der Waals surface area contributed by atoms with Gasteiger partial charge in [-0.25, -0.2) is 4.39 Å². The monoisotopic (exact) mass is 405 g/mol. The van der Waals surface area contributed by atoms with Crippen LogP contribution in [0.25, 0.3) is 10.8 Å². The van der Waals surface area contributed by atoms with Gasteiger partial charge in [0, 0.05) is 50.0 Å². The van der Waals surface area contributed by atoms with Crippen molar-refractivity contribution in [3.8, 4) is 0 Å². The van der Waals surface area contributed by atoms with Gasteiger partial charge in [0.25, 0.3) is 5.91 Å². The van der Waals surface area contributed by atoms with Crippen molar-refractivity contribution >= 4 is 28.2 Å². The normalized spacial score (nSPS) is 17.0. The van der Waals surface area contributed by atoms with Crippen molar-refractivity contribution in [1.29, 1.82) is 0 Å². The van der Waals surface area contributed by atoms with Gasteiger partial charge in [-0.1, -0.05) is 36.4 Å². The molecule has 30 heavy (non-hydrogen) atoms. The number of nitrogens with zero attached hydrogens (tertiary/aromatic N) is 5. The molecule has 1 aromatic heterocycles. The van der Waals surface area contributed by atoms with E-state index in [0.29, 0.717) is 37.6 Å². The maximum absolute atomic E-state index is 14.1. The molecule has 3 heterocycles. The predicted octanol–water partition coefficient (Wildman–Crippen LogP) is 3.33. The van der Waals surface area contributed by atoms with Crippen LogP contribution in [0, 0.1) is 5.82 Å². The Bertz CT molecular complexity index is 1070. The molecule has 7 heteroatoms. The fourth-order valence-corrected chi connectivity index (χ4v) is 4.42. The standard InChI is InChI=1S/C23H24FN5O/c24-19-9-3-4-10-20(19)27-13-15-28(16-14-27)22-18-8-2-1-7-17(18)21(25-26-22)23(30)29-11-5-6-12-29/h1-4,7-10H,5-6,11-16H2. The third-order valence-electron chi connectivity index (χ3n) is 6.04. The quantitative estimate of drug-likeness (QED) is 0.669. The molecule has 1 amide bonds. The van der Waals surface area contributed by atoms with Crippen LogP contribution >= 0.6 is 0 Å². The summed E-state index contributed by atoms with van der Waals surface area (Å²) < 4.78 is 14.1. The minimum atomic E-state index is -0.194. The highest BCUT2D eigenvalue weighted by Crippen LogP contribution is 2.29. The second kappa shape index (κ2) is 7.89. The van der Waals surface area contributed by atoms with Gasteiger partial charge >= 0.3 is 0 Å². The number of hydrogen-bond acceptors (Lipinski definition) is 5. The molecule has 2 aliphatic heterocycles. The highest BCUT2D eigenvalue weighted by atomic mass is 19.1. The molecule has 2 aliphatic rings. The average Bonchev–Trinajstić information content (AvgIpc) is 3.34. The van der Waals surface area contributed by atoms with Gasteiger partial charge < -0.3 is 14.7 Å². The van der Waals surface area contributed by atoms with E-state index in [1.807, 2.05) is 41.3 Å². The second-order valence-corrected chi connectivity index (χ2v) is 7.84. The fraction of sp³-hybridized carbons (Fsp3) is 0.348. The molecule has 0 spiro atoms. The SMILES string of the molecule is O=C(c1nnc(N2CCN(c3ccccc3F)CC2)c2ccccc12)N1CCCC1. The van der Waals surface area contributed by atoms with Crippen molar-refractivity contribution in [2.45, 2.75) is 12.8 Å². The third kappa shape index (κ3) is 3.34. The van der Waals surface area contributed by atoms with Crippen LogP contribution in [0.5, 0.6) is 0 Å². The van der Waals surface area contributed by atoms with E-state index in [-0.39, 0.29) is 11.7 Å². The molecule has 5 rings (SSSR count). The fourth-order valence-electron chi connectivity index (χ4n) is 4.42. The van der Waals surface area contributed by atoms with Gasteiger partial charge in [-0.2, -0.15) is 0 Å². The van der Waals surface area contributed by atoms with Crippen LogP contribution in [0.2, 0.25) is 0 Å². The van der Waals surface area contributed by atoms with E-state index in [9.17, 15) is 9.18 Å². The van der Waals surface area contributed by atoms with Crippen molar-refractivity contribution in [2.24, 2.45) is 0 Å². The molecule has 0 aliphatic carbocycles. The molecule has 2 aromatic carbocycles. The predicted molar refractivity (Wildman–Crippen MR) is 116 cm³/mol. The summed E-state index contributed by atoms with van der Waals surface area (Å²) in [7, 11) is 0. The van der Waals surface area contributed by atoms with Gasteiger partial charge in [0.05, 0.1) is 5.69 Å². The van der Waals surface area contributed by atoms with Crippen LogP contribution in [0.1, 0.15) is 23.3 Å². The Hall–Kier alpha value is -3.22. The number of hydrogen-bond donors (Lipinski definition) is 0. The Morgan fingerprint density at radius 3 is 2.13 bits per heavy atom. The molecular formula is C23H24FN5O. The number of rotatable bonds is 3. The number of anilines is 2. The molecule has 6 nitrogen and oxygen atoms in total. The topological polar surface area (TPSA) is 52.6 Å². The average molecular weight is 405 g/mol. The Balaban J connectivity index is 1.41. The lowest BCUT2D eigenvalue weighted by Gasteiger charge is -2.37. The summed E-state index contributed by atoms with van der Waals surface area (Å²) in [4.78, 5) is 19.1. The minimum Gasteiger partial charge on any atom is -0.366 e. The second-order valence-electron chi connectivity index (χ2n) is 7.84. The van der Waals surface area contributed by atoms with E-state index in [1.54, 1.807) is 6.07 Å². The van der Waals surface area contributed by atoms with Crippen molar-refractivity contribution < 1.29 is 9.18 Å². The van der Waals surface area contributed by atoms with Gasteiger partial charge in [0.15, 0.2) is 11.5 Å². The maximum atomic E-state index is 14.1. The molecular weight excluding hydrogens is 381 g/mol. The Morgan fingerprint density at radius 1 is 0.767 bits per heavy atom. The molecule has 0 radical (unpaired) electrons. The van der Waals surface area contributed by atoms with Crippen LogP contribution in [0.3, 0.4) is 0 Å². The molecule has 3 aromatic rings. The first kappa shape index (κ1) is 18.8. The van der Waals surface area contributed by atoms with Crippen LogP contribution in [-0.4, -0.2) is 60.3 Å². The van der Waals surface area contributed by atoms with E-state index in [2.05, 4.69) is 20.0 Å². The summed E-state index contributed by atoms with van der Waals surface area (Å²) in [6, 6.07) is 14.7. The van der Waals surface area contributed by atoms with E-state index >= 15 is 0 Å². The van der Waals surface area contributed by atoms with Crippen molar-refractivity contribution in [3.05, 3.63) is 60.0 Å². The summed E-state index contributed by atoms with van der Waals surface area (Å²) in [5.41, 5.74) is 1.07. The van der Waals surface area contributed by atoms with E-state index in [4.69, 9.17) is 0 Å². The Labute approximate surface area is 174 Å². The third-order valence-corrected chi connectivity index (χ3v) is 6.04. The smallest absolute Gasteiger partial charge is 0.275 e. The number of halogens is 1. The highest BCUT2D eigenvalue weighted by molar-refractivity contribution is 6.07. The summed E-state index contributed by atoms with van der Waals surface area (Å²) >= 11 is 0. The number of piperazine rings is 1. The number of aromatic nitrogens is 2. The number of likely N-dealkylation sites (tertiary alicyclic amines) is 1. The molecule has 0 unspecified atom stereocenters. The number of benzene rings is 2. The van der Waals surface area contributed by atoms with E-state index in [1.165, 1.54) is 6.07 Å². The summed E-state index contributed by atoms with van der Waals surface area (Å²) in [6.45, 7) is 4.40. The molecule has 0 N–H and O–H groups in total. The zero-order valence-electron chi connectivity index (χ0n) is 16.8.